The second kappa shape index (κ2) is 6.03. The lowest BCUT2D eigenvalue weighted by Crippen LogP contribution is -2.31. The van der Waals surface area contributed by atoms with Crippen LogP contribution in [0.3, 0.4) is 0 Å². The van der Waals surface area contributed by atoms with Gasteiger partial charge in [-0.25, -0.2) is 9.97 Å². The summed E-state index contributed by atoms with van der Waals surface area (Å²) in [6, 6.07) is 0. The molecule has 1 amide bonds. The van der Waals surface area contributed by atoms with Crippen LogP contribution in [-0.2, 0) is 6.42 Å². The number of nitrogens with zero attached hydrogens (tertiary/aromatic N) is 4. The minimum atomic E-state index is -0.610. The van der Waals surface area contributed by atoms with Gasteiger partial charge in [0.25, 0.3) is 5.91 Å². The van der Waals surface area contributed by atoms with Crippen molar-refractivity contribution in [2.24, 2.45) is 0 Å². The van der Waals surface area contributed by atoms with Gasteiger partial charge in [-0.05, 0) is 44.6 Å². The molecule has 8 heteroatoms. The Kier molecular flexibility index (Phi) is 3.96. The van der Waals surface area contributed by atoms with Crippen LogP contribution < -0.4 is 5.32 Å². The predicted molar refractivity (Wildman–Crippen MR) is 96.3 cm³/mol. The summed E-state index contributed by atoms with van der Waals surface area (Å²) < 4.78 is 1.66. The van der Waals surface area contributed by atoms with Crippen LogP contribution >= 0.6 is 11.3 Å². The molecule has 1 aliphatic carbocycles. The first-order chi connectivity index (χ1) is 12.0. The van der Waals surface area contributed by atoms with Gasteiger partial charge in [-0.1, -0.05) is 6.92 Å². The average molecular weight is 359 g/mol. The SMILES string of the molecule is Cc1nc2sc3c(c2c2nc(C(=O)NC[C@@H](C)O)nn12)[C@@H](C)CCC3. The molecule has 7 nitrogen and oxygen atoms in total. The highest BCUT2D eigenvalue weighted by Crippen LogP contribution is 2.42. The summed E-state index contributed by atoms with van der Waals surface area (Å²) in [7, 11) is 0. The Bertz CT molecular complexity index is 975. The van der Waals surface area contributed by atoms with Gasteiger partial charge in [-0.3, -0.25) is 4.79 Å². The summed E-state index contributed by atoms with van der Waals surface area (Å²) in [5, 5.41) is 17.4. The highest BCUT2D eigenvalue weighted by Gasteiger charge is 2.26. The molecule has 1 aliphatic rings. The molecule has 0 fully saturated rings. The number of rotatable bonds is 3. The third kappa shape index (κ3) is 2.69. The summed E-state index contributed by atoms with van der Waals surface area (Å²) >= 11 is 1.74. The van der Waals surface area contributed by atoms with E-state index in [4.69, 9.17) is 4.98 Å². The van der Waals surface area contributed by atoms with Crippen molar-refractivity contribution < 1.29 is 9.90 Å². The highest BCUT2D eigenvalue weighted by molar-refractivity contribution is 7.19. The van der Waals surface area contributed by atoms with Crippen molar-refractivity contribution in [2.75, 3.05) is 6.54 Å². The van der Waals surface area contributed by atoms with Crippen molar-refractivity contribution in [1.29, 1.82) is 0 Å². The predicted octanol–water partition coefficient (Wildman–Crippen LogP) is 2.20. The van der Waals surface area contributed by atoms with E-state index in [2.05, 4.69) is 22.3 Å². The molecule has 4 rings (SSSR count). The summed E-state index contributed by atoms with van der Waals surface area (Å²) in [5.41, 5.74) is 2.03. The van der Waals surface area contributed by atoms with Crippen LogP contribution in [0.5, 0.6) is 0 Å². The quantitative estimate of drug-likeness (QED) is 0.748. The molecular weight excluding hydrogens is 338 g/mol. The number of amides is 1. The molecule has 3 aromatic rings. The van der Waals surface area contributed by atoms with E-state index in [0.717, 1.165) is 28.9 Å². The number of hydrogen-bond donors (Lipinski definition) is 2. The van der Waals surface area contributed by atoms with E-state index in [-0.39, 0.29) is 18.3 Å². The lowest BCUT2D eigenvalue weighted by molar-refractivity contribution is 0.0914. The first-order valence-electron chi connectivity index (χ1n) is 8.60. The summed E-state index contributed by atoms with van der Waals surface area (Å²) in [4.78, 5) is 23.9. The molecule has 2 atom stereocenters. The minimum absolute atomic E-state index is 0.112. The molecule has 132 valence electrons. The Labute approximate surface area is 149 Å². The molecule has 3 heterocycles. The Balaban J connectivity index is 1.88. The zero-order valence-corrected chi connectivity index (χ0v) is 15.4. The normalized spacial score (nSPS) is 18.5. The van der Waals surface area contributed by atoms with Crippen LogP contribution in [0.1, 0.15) is 59.5 Å². The van der Waals surface area contributed by atoms with E-state index in [1.54, 1.807) is 22.8 Å². The molecule has 3 aromatic heterocycles. The monoisotopic (exact) mass is 359 g/mol. The molecule has 0 aliphatic heterocycles. The molecule has 25 heavy (non-hydrogen) atoms. The van der Waals surface area contributed by atoms with Crippen molar-refractivity contribution >= 4 is 33.1 Å². The molecule has 0 radical (unpaired) electrons. The Hall–Kier alpha value is -2.06. The van der Waals surface area contributed by atoms with E-state index in [9.17, 15) is 9.90 Å². The lowest BCUT2D eigenvalue weighted by Gasteiger charge is -2.18. The van der Waals surface area contributed by atoms with Gasteiger partial charge >= 0.3 is 0 Å². The fraction of sp³-hybridized carbons (Fsp3) is 0.529. The van der Waals surface area contributed by atoms with Gasteiger partial charge in [0.1, 0.15) is 10.7 Å². The zero-order chi connectivity index (χ0) is 17.7. The van der Waals surface area contributed by atoms with Crippen molar-refractivity contribution in [3.63, 3.8) is 0 Å². The van der Waals surface area contributed by atoms with E-state index < -0.39 is 6.10 Å². The van der Waals surface area contributed by atoms with Crippen molar-refractivity contribution in [3.8, 4) is 0 Å². The molecule has 0 aromatic carbocycles. The van der Waals surface area contributed by atoms with Gasteiger partial charge in [0.2, 0.25) is 5.82 Å². The van der Waals surface area contributed by atoms with Gasteiger partial charge in [-0.2, -0.15) is 4.52 Å². The van der Waals surface area contributed by atoms with Gasteiger partial charge in [0.05, 0.1) is 11.5 Å². The number of nitrogens with one attached hydrogen (secondary N) is 1. The van der Waals surface area contributed by atoms with E-state index in [1.165, 1.54) is 16.9 Å². The minimum Gasteiger partial charge on any atom is -0.392 e. The Morgan fingerprint density at radius 1 is 1.48 bits per heavy atom. The third-order valence-electron chi connectivity index (χ3n) is 4.70. The van der Waals surface area contributed by atoms with Crippen molar-refractivity contribution in [1.82, 2.24) is 24.9 Å². The number of aromatic nitrogens is 4. The fourth-order valence-corrected chi connectivity index (χ4v) is 4.88. The maximum absolute atomic E-state index is 12.3. The first kappa shape index (κ1) is 16.4. The molecule has 0 spiro atoms. The molecule has 2 N–H and O–H groups in total. The lowest BCUT2D eigenvalue weighted by atomic mass is 9.87. The van der Waals surface area contributed by atoms with Crippen LogP contribution in [0.25, 0.3) is 15.9 Å². The fourth-order valence-electron chi connectivity index (χ4n) is 3.50. The van der Waals surface area contributed by atoms with E-state index >= 15 is 0 Å². The van der Waals surface area contributed by atoms with Gasteiger partial charge in [0.15, 0.2) is 5.65 Å². The van der Waals surface area contributed by atoms with Crippen molar-refractivity contribution in [3.05, 3.63) is 22.1 Å². The number of fused-ring (bicyclic) bond motifs is 5. The highest BCUT2D eigenvalue weighted by atomic mass is 32.1. The number of aryl methyl sites for hydroxylation is 2. The number of hydrogen-bond acceptors (Lipinski definition) is 6. The molecule has 0 saturated carbocycles. The number of carbonyl (C=O) groups excluding carboxylic acids is 1. The van der Waals surface area contributed by atoms with Crippen LogP contribution in [0, 0.1) is 6.92 Å². The van der Waals surface area contributed by atoms with Crippen LogP contribution in [0.15, 0.2) is 0 Å². The van der Waals surface area contributed by atoms with E-state index in [0.29, 0.717) is 11.6 Å². The number of aliphatic hydroxyl groups excluding tert-OH is 1. The molecule has 0 saturated heterocycles. The largest absolute Gasteiger partial charge is 0.392 e. The Morgan fingerprint density at radius 3 is 3.04 bits per heavy atom. The topological polar surface area (TPSA) is 92.4 Å². The molecule has 0 bridgehead atoms. The third-order valence-corrected chi connectivity index (χ3v) is 5.86. The standard InChI is InChI=1S/C17H21N5O2S/c1-8-5-4-6-11-12(8)13-15-20-14(16(24)18-7-9(2)23)21-22(15)10(3)19-17(13)25-11/h8-9,23H,4-7H2,1-3H3,(H,18,24)/t8-,9+/m0/s1. The summed E-state index contributed by atoms with van der Waals surface area (Å²) in [6.07, 6.45) is 2.84. The van der Waals surface area contributed by atoms with Gasteiger partial charge in [0, 0.05) is 11.4 Å². The summed E-state index contributed by atoms with van der Waals surface area (Å²) in [6.45, 7) is 5.91. The van der Waals surface area contributed by atoms with Crippen LogP contribution in [0.4, 0.5) is 0 Å². The van der Waals surface area contributed by atoms with Gasteiger partial charge in [-0.15, -0.1) is 16.4 Å². The molecular formula is C17H21N5O2S. The maximum atomic E-state index is 12.3. The second-order valence-electron chi connectivity index (χ2n) is 6.80. The number of thiophene rings is 1. The average Bonchev–Trinajstić information content (AvgIpc) is 3.14. The summed E-state index contributed by atoms with van der Waals surface area (Å²) in [5.74, 6) is 0.918. The maximum Gasteiger partial charge on any atom is 0.291 e. The number of carbonyl (C=O) groups is 1. The second-order valence-corrected chi connectivity index (χ2v) is 7.88. The van der Waals surface area contributed by atoms with E-state index in [1.807, 2.05) is 6.92 Å². The van der Waals surface area contributed by atoms with Crippen LogP contribution in [0.2, 0.25) is 0 Å². The molecule has 0 unspecified atom stereocenters. The zero-order valence-electron chi connectivity index (χ0n) is 14.5. The number of aliphatic hydroxyl groups is 1. The van der Waals surface area contributed by atoms with Crippen molar-refractivity contribution in [2.45, 2.75) is 52.1 Å². The van der Waals surface area contributed by atoms with Gasteiger partial charge < -0.3 is 10.4 Å². The smallest absolute Gasteiger partial charge is 0.291 e. The Morgan fingerprint density at radius 2 is 2.28 bits per heavy atom. The van der Waals surface area contributed by atoms with Crippen LogP contribution in [-0.4, -0.2) is 43.2 Å². The first-order valence-corrected chi connectivity index (χ1v) is 9.42.